The van der Waals surface area contributed by atoms with Gasteiger partial charge in [0.15, 0.2) is 5.82 Å². The number of hydrogen-bond acceptors (Lipinski definition) is 13. The molecule has 6 aliphatic rings. The minimum absolute atomic E-state index is 0.0147. The number of carbonyl (C=O) groups excluding carboxylic acids is 2. The first-order chi connectivity index (χ1) is 36.8. The summed E-state index contributed by atoms with van der Waals surface area (Å²) in [5.41, 5.74) is 1.51. The highest BCUT2D eigenvalue weighted by Gasteiger charge is 2.51. The molecule has 18 nitrogen and oxygen atoms in total. The number of carbonyl (C=O) groups is 3. The van der Waals surface area contributed by atoms with E-state index in [1.54, 1.807) is 16.5 Å². The fraction of sp³-hybridized carbons (Fsp3) is 0.482. The second-order valence-electron chi connectivity index (χ2n) is 21.7. The van der Waals surface area contributed by atoms with Gasteiger partial charge in [-0.25, -0.2) is 18.4 Å². The molecule has 6 saturated heterocycles. The van der Waals surface area contributed by atoms with Crippen LogP contribution in [0.4, 0.5) is 19.4 Å². The lowest BCUT2D eigenvalue weighted by atomic mass is 9.92. The van der Waals surface area contributed by atoms with Crippen molar-refractivity contribution in [3.63, 3.8) is 0 Å². The number of aromatic hydroxyl groups is 1. The number of piperidine rings is 2. The summed E-state index contributed by atoms with van der Waals surface area (Å²) in [6, 6.07) is 10.7. The summed E-state index contributed by atoms with van der Waals surface area (Å²) in [5.74, 6) is 0.480. The van der Waals surface area contributed by atoms with Crippen LogP contribution < -0.4 is 26.0 Å². The van der Waals surface area contributed by atoms with E-state index in [9.17, 15) is 29.4 Å². The first-order valence-corrected chi connectivity index (χ1v) is 26.6. The molecule has 7 atom stereocenters. The predicted molar refractivity (Wildman–Crippen MR) is 278 cm³/mol. The smallest absolute Gasteiger partial charge is 0.407 e. The molecule has 2 bridgehead atoms. The topological polar surface area (TPSA) is 210 Å². The number of imide groups is 1. The minimum atomic E-state index is -0.950. The molecule has 3 aromatic carbocycles. The normalized spacial score (nSPS) is 25.7. The number of nitrogens with one attached hydrogen (secondary N) is 2. The molecule has 5 unspecified atom stereocenters. The van der Waals surface area contributed by atoms with Gasteiger partial charge in [0.25, 0.3) is 0 Å². The van der Waals surface area contributed by atoms with E-state index in [0.29, 0.717) is 80.5 Å². The van der Waals surface area contributed by atoms with E-state index >= 15 is 8.78 Å². The number of likely N-dealkylation sites (tertiary alicyclic amines) is 1. The second-order valence-corrected chi connectivity index (χ2v) is 21.7. The molecule has 76 heavy (non-hydrogen) atoms. The van der Waals surface area contributed by atoms with Crippen molar-refractivity contribution in [3.8, 4) is 35.4 Å². The summed E-state index contributed by atoms with van der Waals surface area (Å²) in [5, 5.41) is 28.3. The summed E-state index contributed by atoms with van der Waals surface area (Å²) in [4.78, 5) is 71.3. The second kappa shape index (κ2) is 19.7. The van der Waals surface area contributed by atoms with Crippen LogP contribution in [0.3, 0.4) is 0 Å². The van der Waals surface area contributed by atoms with E-state index in [2.05, 4.69) is 31.3 Å². The van der Waals surface area contributed by atoms with Crippen molar-refractivity contribution in [3.05, 3.63) is 81.9 Å². The third-order valence-corrected chi connectivity index (χ3v) is 17.2. The van der Waals surface area contributed by atoms with Crippen molar-refractivity contribution in [2.45, 2.75) is 125 Å². The highest BCUT2D eigenvalue weighted by atomic mass is 19.1. The number of amides is 3. The third-order valence-electron chi connectivity index (χ3n) is 17.2. The lowest BCUT2D eigenvalue weighted by Crippen LogP contribution is -2.52. The van der Waals surface area contributed by atoms with Gasteiger partial charge in [0, 0.05) is 81.0 Å². The average molecular weight is 1040 g/mol. The van der Waals surface area contributed by atoms with Crippen molar-refractivity contribution >= 4 is 56.4 Å². The maximum atomic E-state index is 17.3. The average Bonchev–Trinajstić information content (AvgIpc) is 4.21. The van der Waals surface area contributed by atoms with Gasteiger partial charge < -0.3 is 34.8 Å². The molecule has 6 aliphatic heterocycles. The molecule has 0 saturated carbocycles. The van der Waals surface area contributed by atoms with Gasteiger partial charge in [-0.3, -0.25) is 33.9 Å². The lowest BCUT2D eigenvalue weighted by Gasteiger charge is -2.41. The van der Waals surface area contributed by atoms with Crippen molar-refractivity contribution < 1.29 is 42.9 Å². The quantitative estimate of drug-likeness (QED) is 0.0568. The van der Waals surface area contributed by atoms with Gasteiger partial charge in [-0.15, -0.1) is 6.42 Å². The largest absolute Gasteiger partial charge is 0.508 e. The molecule has 3 amide bonds. The van der Waals surface area contributed by atoms with Gasteiger partial charge in [0.05, 0.1) is 33.6 Å². The Morgan fingerprint density at radius 3 is 2.62 bits per heavy atom. The van der Waals surface area contributed by atoms with Crippen LogP contribution in [0.1, 0.15) is 94.2 Å². The molecule has 6 aromatic rings. The molecule has 396 valence electrons. The number of aryl methyl sites for hydroxylation is 2. The SMILES string of the molecule is C#Cc1c(F)ccc2cc(O)cc(-c3ncc4c(N5CC6CCC(C5)N6)nc(OC[C@@]56CCCN5[C@H](CC5CC(OCCCc7cccc8c7n(C)c(=O)n8C7CCC(=O)NC7=O)CCN5C(=O)O)CC6)nc4c3F)c12. The van der Waals surface area contributed by atoms with Gasteiger partial charge in [0.1, 0.15) is 41.2 Å². The molecule has 20 heteroatoms. The summed E-state index contributed by atoms with van der Waals surface area (Å²) in [7, 11) is 1.69. The van der Waals surface area contributed by atoms with Crippen molar-refractivity contribution in [1.82, 2.24) is 44.5 Å². The van der Waals surface area contributed by atoms with Crippen LogP contribution in [0.2, 0.25) is 0 Å². The van der Waals surface area contributed by atoms with E-state index < -0.39 is 29.7 Å². The summed E-state index contributed by atoms with van der Waals surface area (Å²) in [6.07, 6.45) is 15.1. The van der Waals surface area contributed by atoms with Gasteiger partial charge in [-0.05, 0) is 119 Å². The summed E-state index contributed by atoms with van der Waals surface area (Å²) < 4.78 is 48.7. The Labute approximate surface area is 436 Å². The third kappa shape index (κ3) is 8.75. The van der Waals surface area contributed by atoms with E-state index in [1.165, 1.54) is 35.0 Å². The van der Waals surface area contributed by atoms with E-state index in [0.717, 1.165) is 56.1 Å². The maximum Gasteiger partial charge on any atom is 0.407 e. The number of anilines is 1. The Morgan fingerprint density at radius 2 is 1.83 bits per heavy atom. The number of halogens is 2. The molecule has 6 fully saturated rings. The zero-order valence-electron chi connectivity index (χ0n) is 42.3. The van der Waals surface area contributed by atoms with Gasteiger partial charge in [-0.1, -0.05) is 24.1 Å². The minimum Gasteiger partial charge on any atom is -0.508 e. The maximum absolute atomic E-state index is 17.3. The number of benzene rings is 3. The summed E-state index contributed by atoms with van der Waals surface area (Å²) in [6.45, 7) is 3.16. The number of terminal acetylenes is 1. The molecule has 0 radical (unpaired) electrons. The monoisotopic (exact) mass is 1040 g/mol. The predicted octanol–water partition coefficient (Wildman–Crippen LogP) is 6.31. The first kappa shape index (κ1) is 49.7. The molecule has 3 aromatic heterocycles. The molecular formula is C56H60F2N10O8. The Balaban J connectivity index is 0.751. The number of phenols is 1. The fourth-order valence-electron chi connectivity index (χ4n) is 13.7. The number of rotatable bonds is 13. The highest BCUT2D eigenvalue weighted by Crippen LogP contribution is 2.46. The Kier molecular flexibility index (Phi) is 12.9. The van der Waals surface area contributed by atoms with Crippen molar-refractivity contribution in [2.24, 2.45) is 7.05 Å². The van der Waals surface area contributed by atoms with Crippen LogP contribution in [0.5, 0.6) is 11.8 Å². The molecule has 4 N–H and O–H groups in total. The van der Waals surface area contributed by atoms with Crippen molar-refractivity contribution in [2.75, 3.05) is 44.3 Å². The van der Waals surface area contributed by atoms with Crippen LogP contribution in [-0.4, -0.2) is 137 Å². The fourth-order valence-corrected chi connectivity index (χ4v) is 13.7. The Hall–Kier alpha value is -7.21. The molecule has 12 rings (SSSR count). The van der Waals surface area contributed by atoms with E-state index in [-0.39, 0.29) is 106 Å². The standard InChI is InChI=1S/C56H60F2N10O8/c1-3-39-42(57)13-10-32-23-37(69)26-40(46(32)39)48-47(58)49-41(27-59-48)51(65-28-33-11-12-34(29-65)60-33)63-53(62-49)76-30-56-18-6-20-67(56)35(16-19-56)24-36-25-38(17-21-66(36)55(73)74)75-22-5-8-31-7-4-9-43-50(31)64(2)54(72)68(43)44-14-15-45(70)61-52(44)71/h1,4,7,9-10,13,23,26-27,33-36,38,44,60,69H,5-6,8,11-12,14-22,24-25,28-30H2,2H3,(H,73,74)(H,61,70,71)/t33?,34?,35-,36?,38?,44?,56-/m0/s1. The zero-order valence-corrected chi connectivity index (χ0v) is 42.3. The molecule has 0 aliphatic carbocycles. The zero-order chi connectivity index (χ0) is 52.6. The number of hydrogen-bond donors (Lipinski definition) is 4. The summed E-state index contributed by atoms with van der Waals surface area (Å²) >= 11 is 0. The number of fused-ring (bicyclic) bond motifs is 6. The Morgan fingerprint density at radius 1 is 1.00 bits per heavy atom. The molecular weight excluding hydrogens is 979 g/mol. The molecule has 0 spiro atoms. The van der Waals surface area contributed by atoms with Crippen LogP contribution in [0.15, 0.2) is 53.5 Å². The lowest BCUT2D eigenvalue weighted by molar-refractivity contribution is -0.135. The number of nitrogens with zero attached hydrogens (tertiary/aromatic N) is 8. The number of carboxylic acid groups (broad SMARTS) is 1. The Bertz CT molecular complexity index is 3440. The van der Waals surface area contributed by atoms with E-state index in [4.69, 9.17) is 25.9 Å². The van der Waals surface area contributed by atoms with Crippen LogP contribution in [0.25, 0.3) is 44.0 Å². The number of aromatic nitrogens is 5. The van der Waals surface area contributed by atoms with Gasteiger partial charge in [0.2, 0.25) is 11.8 Å². The highest BCUT2D eigenvalue weighted by molar-refractivity contribution is 6.03. The van der Waals surface area contributed by atoms with E-state index in [1.807, 2.05) is 18.2 Å². The number of para-hydroxylation sites is 1. The first-order valence-electron chi connectivity index (χ1n) is 26.6. The van der Waals surface area contributed by atoms with Crippen molar-refractivity contribution in [1.29, 1.82) is 0 Å². The van der Waals surface area contributed by atoms with Crippen LogP contribution in [0, 0.1) is 24.0 Å². The van der Waals surface area contributed by atoms with Crippen LogP contribution in [-0.2, 0) is 27.8 Å². The number of phenolic OH excluding ortho intramolecular Hbond substituents is 1. The van der Waals surface area contributed by atoms with Gasteiger partial charge >= 0.3 is 17.8 Å². The number of pyridine rings is 1. The number of imidazole rings is 1. The molecule has 9 heterocycles. The number of piperazine rings is 1. The van der Waals surface area contributed by atoms with Crippen LogP contribution >= 0.6 is 0 Å². The van der Waals surface area contributed by atoms with Gasteiger partial charge in [-0.2, -0.15) is 9.97 Å². The number of ether oxygens (including phenoxy) is 2.